The second-order valence-electron chi connectivity index (χ2n) is 3.72. The maximum Gasteiger partial charge on any atom is 1.00 e. The van der Waals surface area contributed by atoms with Crippen molar-refractivity contribution in [2.75, 3.05) is 0 Å². The van der Waals surface area contributed by atoms with Crippen molar-refractivity contribution in [3.8, 4) is 0 Å². The van der Waals surface area contributed by atoms with Gasteiger partial charge < -0.3 is 0 Å². The van der Waals surface area contributed by atoms with Crippen LogP contribution in [0.3, 0.4) is 0 Å². The molecule has 89 valence electrons. The molecule has 0 aliphatic rings. The molecular formula is C16H17Ru. The topological polar surface area (TPSA) is 0 Å². The average molecular weight is 310 g/mol. The summed E-state index contributed by atoms with van der Waals surface area (Å²) in [6.07, 6.45) is 0. The third kappa shape index (κ3) is 2.30. The van der Waals surface area contributed by atoms with Crippen molar-refractivity contribution in [3.63, 3.8) is 0 Å². The van der Waals surface area contributed by atoms with Crippen LogP contribution in [0, 0.1) is 6.92 Å². The molecule has 3 rings (SSSR count). The van der Waals surface area contributed by atoms with Gasteiger partial charge >= 0.3 is 19.5 Å². The minimum absolute atomic E-state index is 0. The minimum Gasteiger partial charge on any atom is -0.120 e. The van der Waals surface area contributed by atoms with Gasteiger partial charge in [0, 0.05) is 0 Å². The fourth-order valence-electron chi connectivity index (χ4n) is 2.24. The Kier molecular flexibility index (Phi) is 4.96. The summed E-state index contributed by atoms with van der Waals surface area (Å²) in [6.45, 7) is 6.20. The van der Waals surface area contributed by atoms with Gasteiger partial charge in [-0.1, -0.05) is 57.2 Å². The molecule has 3 aromatic rings. The first-order chi connectivity index (χ1) is 7.88. The Morgan fingerprint density at radius 2 is 1.06 bits per heavy atom. The zero-order valence-corrected chi connectivity index (χ0v) is 12.2. The smallest absolute Gasteiger partial charge is 0.120 e. The Morgan fingerprint density at radius 3 is 1.47 bits per heavy atom. The van der Waals surface area contributed by atoms with Gasteiger partial charge in [-0.15, -0.1) is 39.2 Å². The quantitative estimate of drug-likeness (QED) is 0.403. The van der Waals surface area contributed by atoms with E-state index in [-0.39, 0.29) is 19.5 Å². The van der Waals surface area contributed by atoms with Gasteiger partial charge in [-0.05, 0) is 0 Å². The Bertz CT molecular complexity index is 552. The van der Waals surface area contributed by atoms with E-state index in [0.717, 1.165) is 0 Å². The van der Waals surface area contributed by atoms with E-state index in [9.17, 15) is 0 Å². The Balaban J connectivity index is 0.000000459. The van der Waals surface area contributed by atoms with Crippen LogP contribution in [0.2, 0.25) is 0 Å². The van der Waals surface area contributed by atoms with E-state index in [0.29, 0.717) is 0 Å². The molecule has 0 heterocycles. The van der Waals surface area contributed by atoms with Crippen LogP contribution in [0.5, 0.6) is 0 Å². The predicted octanol–water partition coefficient (Wildman–Crippen LogP) is 5.04. The number of aryl methyl sites for hydroxylation is 1. The number of hydrogen-bond acceptors (Lipinski definition) is 0. The van der Waals surface area contributed by atoms with Crippen LogP contribution in [0.15, 0.2) is 48.5 Å². The molecule has 0 N–H and O–H groups in total. The third-order valence-corrected chi connectivity index (χ3v) is 2.95. The zero-order valence-electron chi connectivity index (χ0n) is 10.5. The van der Waals surface area contributed by atoms with E-state index < -0.39 is 0 Å². The van der Waals surface area contributed by atoms with Gasteiger partial charge in [0.05, 0.1) is 0 Å². The standard InChI is InChI=1S/C14H11.C2H6.Ru/c1-10-11-6-2-4-8-13(11)14-9-5-3-7-12(10)14;1-2;/h2-9H,1H3;1-2H3;/q-1;;+1. The summed E-state index contributed by atoms with van der Waals surface area (Å²) in [7, 11) is 0. The van der Waals surface area contributed by atoms with E-state index in [1.165, 1.54) is 27.1 Å². The Morgan fingerprint density at radius 1 is 0.706 bits per heavy atom. The van der Waals surface area contributed by atoms with Crippen LogP contribution in [0.25, 0.3) is 21.5 Å². The van der Waals surface area contributed by atoms with Crippen molar-refractivity contribution in [2.24, 2.45) is 0 Å². The van der Waals surface area contributed by atoms with Crippen molar-refractivity contribution >= 4 is 21.5 Å². The van der Waals surface area contributed by atoms with Crippen molar-refractivity contribution in [3.05, 3.63) is 54.1 Å². The number of rotatable bonds is 0. The summed E-state index contributed by atoms with van der Waals surface area (Å²) >= 11 is 0. The van der Waals surface area contributed by atoms with Crippen LogP contribution >= 0.6 is 0 Å². The van der Waals surface area contributed by atoms with Crippen LogP contribution in [-0.4, -0.2) is 0 Å². The van der Waals surface area contributed by atoms with Gasteiger partial charge in [0.15, 0.2) is 0 Å². The van der Waals surface area contributed by atoms with E-state index in [4.69, 9.17) is 0 Å². The number of benzene rings is 2. The molecule has 0 atom stereocenters. The molecule has 17 heavy (non-hydrogen) atoms. The summed E-state index contributed by atoms with van der Waals surface area (Å²) in [4.78, 5) is 0. The Hall–Kier alpha value is -1.07. The fourth-order valence-corrected chi connectivity index (χ4v) is 2.24. The molecule has 0 bridgehead atoms. The van der Waals surface area contributed by atoms with Gasteiger partial charge in [0.25, 0.3) is 0 Å². The predicted molar refractivity (Wildman–Crippen MR) is 73.1 cm³/mol. The van der Waals surface area contributed by atoms with Crippen molar-refractivity contribution in [1.29, 1.82) is 0 Å². The second kappa shape index (κ2) is 6.03. The van der Waals surface area contributed by atoms with Crippen LogP contribution in [0.1, 0.15) is 19.4 Å². The van der Waals surface area contributed by atoms with Crippen molar-refractivity contribution in [1.82, 2.24) is 0 Å². The number of hydrogen-bond donors (Lipinski definition) is 0. The first-order valence-electron chi connectivity index (χ1n) is 5.90. The van der Waals surface area contributed by atoms with Crippen molar-refractivity contribution in [2.45, 2.75) is 20.8 Å². The van der Waals surface area contributed by atoms with Crippen LogP contribution in [0.4, 0.5) is 0 Å². The molecule has 3 aromatic carbocycles. The summed E-state index contributed by atoms with van der Waals surface area (Å²) in [5.74, 6) is 0. The molecule has 0 aliphatic carbocycles. The molecule has 1 radical (unpaired) electrons. The van der Waals surface area contributed by atoms with Gasteiger partial charge in [-0.3, -0.25) is 0 Å². The van der Waals surface area contributed by atoms with Crippen LogP contribution in [-0.2, 0) is 19.5 Å². The van der Waals surface area contributed by atoms with Gasteiger partial charge in [0.1, 0.15) is 0 Å². The summed E-state index contributed by atoms with van der Waals surface area (Å²) in [5, 5.41) is 5.52. The largest absolute Gasteiger partial charge is 1.00 e. The van der Waals surface area contributed by atoms with E-state index in [1.807, 2.05) is 13.8 Å². The molecule has 0 fully saturated rings. The molecule has 0 aromatic heterocycles. The SMILES string of the molecule is CC.C[c-]1c2ccccc2c2ccccc21.[Ru+]. The molecule has 0 spiro atoms. The third-order valence-electron chi connectivity index (χ3n) is 2.95. The first kappa shape index (κ1) is 14.0. The van der Waals surface area contributed by atoms with E-state index in [2.05, 4.69) is 55.5 Å². The summed E-state index contributed by atoms with van der Waals surface area (Å²) < 4.78 is 0. The Labute approximate surface area is 116 Å². The van der Waals surface area contributed by atoms with Crippen LogP contribution < -0.4 is 0 Å². The summed E-state index contributed by atoms with van der Waals surface area (Å²) in [6, 6.07) is 17.2. The maximum absolute atomic E-state index is 2.20. The van der Waals surface area contributed by atoms with E-state index in [1.54, 1.807) is 0 Å². The normalized spacial score (nSPS) is 9.59. The van der Waals surface area contributed by atoms with Gasteiger partial charge in [0.2, 0.25) is 0 Å². The summed E-state index contributed by atoms with van der Waals surface area (Å²) in [5.41, 5.74) is 1.40. The molecule has 0 saturated heterocycles. The van der Waals surface area contributed by atoms with Gasteiger partial charge in [-0.25, -0.2) is 0 Å². The average Bonchev–Trinajstić information content (AvgIpc) is 2.67. The van der Waals surface area contributed by atoms with Gasteiger partial charge in [-0.2, -0.15) is 0 Å². The first-order valence-corrected chi connectivity index (χ1v) is 5.90. The number of fused-ring (bicyclic) bond motifs is 3. The van der Waals surface area contributed by atoms with E-state index >= 15 is 0 Å². The fraction of sp³-hybridized carbons (Fsp3) is 0.188. The molecule has 0 unspecified atom stereocenters. The zero-order chi connectivity index (χ0) is 11.5. The van der Waals surface area contributed by atoms with Crippen molar-refractivity contribution < 1.29 is 19.5 Å². The monoisotopic (exact) mass is 311 g/mol. The molecule has 0 aliphatic heterocycles. The second-order valence-corrected chi connectivity index (χ2v) is 3.72. The maximum atomic E-state index is 2.20. The minimum atomic E-state index is 0. The molecule has 0 nitrogen and oxygen atoms in total. The molecular weight excluding hydrogens is 293 g/mol. The molecule has 1 heteroatoms. The molecule has 0 amide bonds. The molecule has 0 saturated carbocycles.